The summed E-state index contributed by atoms with van der Waals surface area (Å²) >= 11 is 1.94. The molecule has 0 saturated carbocycles. The third kappa shape index (κ3) is 3.74. The maximum atomic E-state index is 6.24. The fourth-order valence-electron chi connectivity index (χ4n) is 2.20. The van der Waals surface area contributed by atoms with Crippen molar-refractivity contribution in [1.29, 1.82) is 0 Å². The van der Waals surface area contributed by atoms with Crippen LogP contribution in [0.1, 0.15) is 30.9 Å². The van der Waals surface area contributed by atoms with E-state index in [0.717, 1.165) is 24.5 Å². The second-order valence-electron chi connectivity index (χ2n) is 5.25. The number of nitrogens with two attached hydrogens (primary N) is 1. The molecule has 18 heavy (non-hydrogen) atoms. The second-order valence-corrected chi connectivity index (χ2v) is 6.40. The highest BCUT2D eigenvalue weighted by atomic mass is 32.2. The maximum absolute atomic E-state index is 6.24. The van der Waals surface area contributed by atoms with Crippen LogP contribution in [-0.2, 0) is 11.2 Å². The molecule has 1 aromatic carbocycles. The van der Waals surface area contributed by atoms with Gasteiger partial charge in [0, 0.05) is 17.5 Å². The maximum Gasteiger partial charge on any atom is 0.0819 e. The minimum absolute atomic E-state index is 0.114. The van der Waals surface area contributed by atoms with Gasteiger partial charge in [0.05, 0.1) is 12.7 Å². The van der Waals surface area contributed by atoms with Gasteiger partial charge in [-0.25, -0.2) is 0 Å². The molecule has 2 N–H and O–H groups in total. The molecule has 2 atom stereocenters. The number of hydrogen-bond acceptors (Lipinski definition) is 3. The topological polar surface area (TPSA) is 35.2 Å². The zero-order valence-electron chi connectivity index (χ0n) is 11.3. The molecule has 1 aromatic rings. The van der Waals surface area contributed by atoms with Gasteiger partial charge in [0.15, 0.2) is 0 Å². The van der Waals surface area contributed by atoms with E-state index in [-0.39, 0.29) is 12.1 Å². The Hall–Kier alpha value is -0.510. The van der Waals surface area contributed by atoms with E-state index in [0.29, 0.717) is 5.92 Å². The molecule has 1 saturated heterocycles. The predicted molar refractivity (Wildman–Crippen MR) is 79.3 cm³/mol. The van der Waals surface area contributed by atoms with Crippen LogP contribution >= 0.6 is 11.8 Å². The summed E-state index contributed by atoms with van der Waals surface area (Å²) < 4.78 is 5.73. The highest BCUT2D eigenvalue weighted by molar-refractivity contribution is 7.99. The van der Waals surface area contributed by atoms with E-state index >= 15 is 0 Å². The number of ether oxygens (including phenoxy) is 1. The molecule has 0 radical (unpaired) electrons. The normalized spacial score (nSPS) is 22.1. The van der Waals surface area contributed by atoms with Crippen molar-refractivity contribution in [1.82, 2.24) is 0 Å². The molecule has 0 aromatic heterocycles. The van der Waals surface area contributed by atoms with E-state index in [9.17, 15) is 0 Å². The van der Waals surface area contributed by atoms with Crippen LogP contribution in [0.25, 0.3) is 0 Å². The average molecular weight is 265 g/mol. The molecular formula is C15H23NOS. The number of thioether (sulfide) groups is 1. The molecule has 0 amide bonds. The summed E-state index contributed by atoms with van der Waals surface area (Å²) in [4.78, 5) is 0. The summed E-state index contributed by atoms with van der Waals surface area (Å²) in [6, 6.07) is 8.94. The van der Waals surface area contributed by atoms with Gasteiger partial charge in [-0.3, -0.25) is 0 Å². The van der Waals surface area contributed by atoms with Gasteiger partial charge in [-0.15, -0.1) is 0 Å². The molecule has 0 bridgehead atoms. The van der Waals surface area contributed by atoms with E-state index in [1.165, 1.54) is 11.1 Å². The van der Waals surface area contributed by atoms with Crippen molar-refractivity contribution in [3.05, 3.63) is 35.4 Å². The first kappa shape index (κ1) is 13.9. The first-order valence-corrected chi connectivity index (χ1v) is 7.86. The molecule has 2 nitrogen and oxygen atoms in total. The van der Waals surface area contributed by atoms with Crippen LogP contribution in [-0.4, -0.2) is 30.3 Å². The number of rotatable bonds is 4. The molecule has 1 fully saturated rings. The van der Waals surface area contributed by atoms with Gasteiger partial charge in [-0.05, 0) is 23.5 Å². The van der Waals surface area contributed by atoms with Gasteiger partial charge in [-0.2, -0.15) is 11.8 Å². The van der Waals surface area contributed by atoms with Gasteiger partial charge in [-0.1, -0.05) is 38.1 Å². The Labute approximate surface area is 114 Å². The van der Waals surface area contributed by atoms with E-state index in [4.69, 9.17) is 10.5 Å². The largest absolute Gasteiger partial charge is 0.375 e. The summed E-state index contributed by atoms with van der Waals surface area (Å²) in [5.74, 6) is 2.73. The van der Waals surface area contributed by atoms with Crippen LogP contribution in [0.2, 0.25) is 0 Å². The summed E-state index contributed by atoms with van der Waals surface area (Å²) in [5, 5.41) is 0. The van der Waals surface area contributed by atoms with Gasteiger partial charge < -0.3 is 10.5 Å². The van der Waals surface area contributed by atoms with Crippen molar-refractivity contribution in [2.75, 3.05) is 18.1 Å². The molecule has 3 heteroatoms. The van der Waals surface area contributed by atoms with Gasteiger partial charge in [0.2, 0.25) is 0 Å². The third-order valence-electron chi connectivity index (χ3n) is 3.44. The van der Waals surface area contributed by atoms with Crippen molar-refractivity contribution in [2.45, 2.75) is 38.3 Å². The molecule has 1 aliphatic heterocycles. The predicted octanol–water partition coefficient (Wildman–Crippen LogP) is 2.81. The lowest BCUT2D eigenvalue weighted by molar-refractivity contribution is 0.0572. The summed E-state index contributed by atoms with van der Waals surface area (Å²) in [7, 11) is 0. The Bertz CT molecular complexity index is 357. The van der Waals surface area contributed by atoms with Crippen LogP contribution in [0.4, 0.5) is 0 Å². The van der Waals surface area contributed by atoms with Gasteiger partial charge >= 0.3 is 0 Å². The third-order valence-corrected chi connectivity index (χ3v) is 4.46. The van der Waals surface area contributed by atoms with Crippen LogP contribution in [0.3, 0.4) is 0 Å². The molecule has 1 aliphatic rings. The van der Waals surface area contributed by atoms with Crippen molar-refractivity contribution >= 4 is 11.8 Å². The van der Waals surface area contributed by atoms with Crippen LogP contribution in [0, 0.1) is 0 Å². The monoisotopic (exact) mass is 265 g/mol. The molecule has 0 aliphatic carbocycles. The van der Waals surface area contributed by atoms with Crippen LogP contribution in [0.15, 0.2) is 24.3 Å². The Kier molecular flexibility index (Phi) is 5.10. The van der Waals surface area contributed by atoms with E-state index < -0.39 is 0 Å². The lowest BCUT2D eigenvalue weighted by atomic mass is 9.98. The average Bonchev–Trinajstić information content (AvgIpc) is 2.40. The SMILES string of the molecule is CC(C)c1ccc(CC(N)C2CSCCO2)cc1. The Morgan fingerprint density at radius 1 is 1.33 bits per heavy atom. The highest BCUT2D eigenvalue weighted by Crippen LogP contribution is 2.19. The summed E-state index contributed by atoms with van der Waals surface area (Å²) in [5.41, 5.74) is 8.94. The van der Waals surface area contributed by atoms with Crippen molar-refractivity contribution < 1.29 is 4.74 Å². The van der Waals surface area contributed by atoms with E-state index in [1.807, 2.05) is 11.8 Å². The fourth-order valence-corrected chi connectivity index (χ4v) is 3.15. The zero-order valence-corrected chi connectivity index (χ0v) is 12.1. The van der Waals surface area contributed by atoms with Crippen molar-refractivity contribution in [3.63, 3.8) is 0 Å². The van der Waals surface area contributed by atoms with Gasteiger partial charge in [0.25, 0.3) is 0 Å². The first-order chi connectivity index (χ1) is 8.66. The number of benzene rings is 1. The van der Waals surface area contributed by atoms with Crippen molar-refractivity contribution in [3.8, 4) is 0 Å². The lowest BCUT2D eigenvalue weighted by Gasteiger charge is -2.27. The standard InChI is InChI=1S/C15H23NOS/c1-11(2)13-5-3-12(4-6-13)9-14(16)15-10-18-8-7-17-15/h3-6,11,14-15H,7-10,16H2,1-2H3. The fraction of sp³-hybridized carbons (Fsp3) is 0.600. The highest BCUT2D eigenvalue weighted by Gasteiger charge is 2.21. The molecule has 2 unspecified atom stereocenters. The van der Waals surface area contributed by atoms with Gasteiger partial charge in [0.1, 0.15) is 0 Å². The Balaban J connectivity index is 1.91. The Morgan fingerprint density at radius 2 is 2.06 bits per heavy atom. The summed E-state index contributed by atoms with van der Waals surface area (Å²) in [6.45, 7) is 5.27. The molecular weight excluding hydrogens is 242 g/mol. The van der Waals surface area contributed by atoms with Crippen LogP contribution in [0.5, 0.6) is 0 Å². The van der Waals surface area contributed by atoms with E-state index in [2.05, 4.69) is 38.1 Å². The smallest absolute Gasteiger partial charge is 0.0819 e. The minimum atomic E-state index is 0.114. The Morgan fingerprint density at radius 3 is 2.61 bits per heavy atom. The summed E-state index contributed by atoms with van der Waals surface area (Å²) in [6.07, 6.45) is 1.12. The van der Waals surface area contributed by atoms with Crippen molar-refractivity contribution in [2.24, 2.45) is 5.73 Å². The quantitative estimate of drug-likeness (QED) is 0.909. The number of hydrogen-bond donors (Lipinski definition) is 1. The molecule has 100 valence electrons. The zero-order chi connectivity index (χ0) is 13.0. The minimum Gasteiger partial charge on any atom is -0.375 e. The first-order valence-electron chi connectivity index (χ1n) is 6.70. The molecule has 1 heterocycles. The van der Waals surface area contributed by atoms with E-state index in [1.54, 1.807) is 0 Å². The van der Waals surface area contributed by atoms with Crippen LogP contribution < -0.4 is 5.73 Å². The molecule has 0 spiro atoms. The second kappa shape index (κ2) is 6.60. The lowest BCUT2D eigenvalue weighted by Crippen LogP contribution is -2.42. The molecule has 2 rings (SSSR count).